The van der Waals surface area contributed by atoms with Crippen molar-refractivity contribution in [2.24, 2.45) is 5.92 Å². The van der Waals surface area contributed by atoms with Crippen LogP contribution < -0.4 is 5.32 Å². The number of methoxy groups -OCH3 is 1. The van der Waals surface area contributed by atoms with Crippen molar-refractivity contribution < 1.29 is 19.1 Å². The number of hydrogen-bond donors (Lipinski definition) is 1. The van der Waals surface area contributed by atoms with Crippen molar-refractivity contribution in [1.29, 1.82) is 0 Å². The maximum Gasteiger partial charge on any atom is 0.330 e. The largest absolute Gasteiger partial charge is 0.467 e. The van der Waals surface area contributed by atoms with E-state index in [4.69, 9.17) is 4.74 Å². The van der Waals surface area contributed by atoms with Gasteiger partial charge in [0, 0.05) is 32.1 Å². The zero-order valence-electron chi connectivity index (χ0n) is 14.8. The molecule has 1 heterocycles. The molecule has 0 atom stereocenters. The van der Waals surface area contributed by atoms with Gasteiger partial charge in [-0.3, -0.25) is 4.79 Å². The summed E-state index contributed by atoms with van der Waals surface area (Å²) >= 11 is 0. The fraction of sp³-hybridized carbons (Fsp3) is 0.812. The van der Waals surface area contributed by atoms with Crippen LogP contribution in [0.2, 0.25) is 0 Å². The van der Waals surface area contributed by atoms with Gasteiger partial charge in [0.15, 0.2) is 0 Å². The van der Waals surface area contributed by atoms with Gasteiger partial charge in [-0.05, 0) is 40.5 Å². The highest BCUT2D eigenvalue weighted by atomic mass is 16.5. The molecule has 0 unspecified atom stereocenters. The Labute approximate surface area is 138 Å². The first kappa shape index (κ1) is 19.3. The van der Waals surface area contributed by atoms with Crippen LogP contribution in [0, 0.1) is 5.92 Å². The lowest BCUT2D eigenvalue weighted by Gasteiger charge is -2.35. The fourth-order valence-corrected chi connectivity index (χ4v) is 2.74. The number of piperidine rings is 1. The number of carbonyl (C=O) groups is 3. The van der Waals surface area contributed by atoms with Crippen LogP contribution in [0.4, 0.5) is 4.79 Å². The summed E-state index contributed by atoms with van der Waals surface area (Å²) < 4.78 is 4.69. The number of likely N-dealkylation sites (tertiary alicyclic amines) is 1. The number of nitrogens with zero attached hydrogens (tertiary/aromatic N) is 2. The van der Waals surface area contributed by atoms with Gasteiger partial charge >= 0.3 is 12.0 Å². The van der Waals surface area contributed by atoms with E-state index in [2.05, 4.69) is 5.32 Å². The van der Waals surface area contributed by atoms with Gasteiger partial charge in [-0.15, -0.1) is 0 Å². The van der Waals surface area contributed by atoms with Gasteiger partial charge in [-0.2, -0.15) is 0 Å². The molecule has 1 rings (SSSR count). The Bertz CT molecular complexity index is 439. The van der Waals surface area contributed by atoms with E-state index in [-0.39, 0.29) is 17.9 Å². The number of esters is 1. The molecule has 0 aliphatic carbocycles. The van der Waals surface area contributed by atoms with Crippen LogP contribution in [0.25, 0.3) is 0 Å². The molecule has 0 aromatic carbocycles. The molecule has 7 nitrogen and oxygen atoms in total. The molecule has 0 bridgehead atoms. The average molecular weight is 327 g/mol. The number of amides is 3. The quantitative estimate of drug-likeness (QED) is 0.770. The minimum Gasteiger partial charge on any atom is -0.467 e. The second kappa shape index (κ2) is 8.17. The van der Waals surface area contributed by atoms with Crippen LogP contribution >= 0.6 is 0 Å². The van der Waals surface area contributed by atoms with Crippen LogP contribution in [-0.2, 0) is 14.3 Å². The van der Waals surface area contributed by atoms with Crippen LogP contribution in [0.5, 0.6) is 0 Å². The Kier molecular flexibility index (Phi) is 6.84. The number of carbonyl (C=O) groups excluding carboxylic acids is 3. The molecular formula is C16H29N3O4. The van der Waals surface area contributed by atoms with Crippen molar-refractivity contribution in [3.8, 4) is 0 Å². The number of rotatable bonds is 5. The lowest BCUT2D eigenvalue weighted by Crippen LogP contribution is -2.54. The Morgan fingerprint density at radius 1 is 1.17 bits per heavy atom. The number of ether oxygens (including phenoxy) is 1. The summed E-state index contributed by atoms with van der Waals surface area (Å²) in [6.45, 7) is 9.64. The van der Waals surface area contributed by atoms with E-state index >= 15 is 0 Å². The van der Waals surface area contributed by atoms with Gasteiger partial charge in [-0.25, -0.2) is 9.59 Å². The molecule has 0 saturated carbocycles. The summed E-state index contributed by atoms with van der Waals surface area (Å²) in [5.74, 6) is -0.810. The molecule has 1 N–H and O–H groups in total. The van der Waals surface area contributed by atoms with Gasteiger partial charge in [-0.1, -0.05) is 0 Å². The first-order valence-electron chi connectivity index (χ1n) is 8.21. The van der Waals surface area contributed by atoms with Gasteiger partial charge in [0.2, 0.25) is 5.91 Å². The van der Waals surface area contributed by atoms with Crippen molar-refractivity contribution in [2.75, 3.05) is 33.3 Å². The van der Waals surface area contributed by atoms with Gasteiger partial charge in [0.05, 0.1) is 7.11 Å². The predicted molar refractivity (Wildman–Crippen MR) is 86.9 cm³/mol. The molecule has 0 aromatic heterocycles. The van der Waals surface area contributed by atoms with Crippen LogP contribution in [0.3, 0.4) is 0 Å². The van der Waals surface area contributed by atoms with Crippen molar-refractivity contribution in [2.45, 2.75) is 46.1 Å². The maximum atomic E-state index is 12.3. The van der Waals surface area contributed by atoms with Crippen molar-refractivity contribution >= 4 is 17.9 Å². The van der Waals surface area contributed by atoms with E-state index in [1.165, 1.54) is 7.11 Å². The summed E-state index contributed by atoms with van der Waals surface area (Å²) in [6.07, 6.45) is 1.21. The molecule has 0 spiro atoms. The molecule has 0 aromatic rings. The van der Waals surface area contributed by atoms with Gasteiger partial charge < -0.3 is 19.9 Å². The van der Waals surface area contributed by atoms with E-state index < -0.39 is 11.5 Å². The highest BCUT2D eigenvalue weighted by molar-refractivity contribution is 5.88. The number of urea groups is 1. The molecule has 1 fully saturated rings. The Morgan fingerprint density at radius 2 is 1.70 bits per heavy atom. The minimum atomic E-state index is -1.04. The summed E-state index contributed by atoms with van der Waals surface area (Å²) in [5.41, 5.74) is -1.04. The van der Waals surface area contributed by atoms with Crippen molar-refractivity contribution in [3.63, 3.8) is 0 Å². The molecular weight excluding hydrogens is 298 g/mol. The molecule has 23 heavy (non-hydrogen) atoms. The fourth-order valence-electron chi connectivity index (χ4n) is 2.74. The molecule has 7 heteroatoms. The normalized spacial score (nSPS) is 16.0. The zero-order valence-corrected chi connectivity index (χ0v) is 14.8. The van der Waals surface area contributed by atoms with Crippen LogP contribution in [-0.4, -0.2) is 66.5 Å². The second-order valence-corrected chi connectivity index (χ2v) is 6.32. The highest BCUT2D eigenvalue weighted by Crippen LogP contribution is 2.20. The zero-order chi connectivity index (χ0) is 17.6. The smallest absolute Gasteiger partial charge is 0.330 e. The molecule has 1 aliphatic rings. The van der Waals surface area contributed by atoms with E-state index in [1.807, 2.05) is 13.8 Å². The van der Waals surface area contributed by atoms with Crippen LogP contribution in [0.15, 0.2) is 0 Å². The third-order valence-electron chi connectivity index (χ3n) is 4.30. The number of nitrogens with one attached hydrogen (secondary N) is 1. The highest BCUT2D eigenvalue weighted by Gasteiger charge is 2.35. The average Bonchev–Trinajstić information content (AvgIpc) is 2.54. The minimum absolute atomic E-state index is 0.0312. The van der Waals surface area contributed by atoms with Gasteiger partial charge in [0.1, 0.15) is 5.54 Å². The maximum absolute atomic E-state index is 12.3. The summed E-state index contributed by atoms with van der Waals surface area (Å²) in [4.78, 5) is 39.8. The summed E-state index contributed by atoms with van der Waals surface area (Å²) in [5, 5.41) is 2.74. The monoisotopic (exact) mass is 327 g/mol. The first-order chi connectivity index (χ1) is 10.8. The third kappa shape index (κ3) is 4.84. The third-order valence-corrected chi connectivity index (χ3v) is 4.30. The Hall–Kier alpha value is -1.79. The van der Waals surface area contributed by atoms with E-state index in [9.17, 15) is 14.4 Å². The molecule has 3 amide bonds. The number of hydrogen-bond acceptors (Lipinski definition) is 4. The van der Waals surface area contributed by atoms with Gasteiger partial charge in [0.25, 0.3) is 0 Å². The standard InChI is InChI=1S/C16H29N3O4/c1-6-18(7-2)15(22)19-10-8-12(9-11-19)13(20)17-16(3,4)14(21)23-5/h12H,6-11H2,1-5H3,(H,17,20). The summed E-state index contributed by atoms with van der Waals surface area (Å²) in [6, 6.07) is 0.0312. The lowest BCUT2D eigenvalue weighted by molar-refractivity contribution is -0.150. The lowest BCUT2D eigenvalue weighted by atomic mass is 9.94. The van der Waals surface area contributed by atoms with Crippen LogP contribution in [0.1, 0.15) is 40.5 Å². The van der Waals surface area contributed by atoms with Crippen molar-refractivity contribution in [1.82, 2.24) is 15.1 Å². The Morgan fingerprint density at radius 3 is 2.13 bits per heavy atom. The topological polar surface area (TPSA) is 79.0 Å². The summed E-state index contributed by atoms with van der Waals surface area (Å²) in [7, 11) is 1.30. The Balaban J connectivity index is 2.54. The molecule has 1 aliphatic heterocycles. The first-order valence-corrected chi connectivity index (χ1v) is 8.21. The molecule has 132 valence electrons. The molecule has 1 saturated heterocycles. The predicted octanol–water partition coefficient (Wildman–Crippen LogP) is 1.23. The van der Waals surface area contributed by atoms with E-state index in [0.29, 0.717) is 39.0 Å². The van der Waals surface area contributed by atoms with Crippen molar-refractivity contribution in [3.05, 3.63) is 0 Å². The van der Waals surface area contributed by atoms with E-state index in [1.54, 1.807) is 23.6 Å². The molecule has 0 radical (unpaired) electrons. The second-order valence-electron chi connectivity index (χ2n) is 6.32. The van der Waals surface area contributed by atoms with E-state index in [0.717, 1.165) is 0 Å². The SMILES string of the molecule is CCN(CC)C(=O)N1CCC(C(=O)NC(C)(C)C(=O)OC)CC1.